The van der Waals surface area contributed by atoms with Crippen LogP contribution in [0.2, 0.25) is 0 Å². The van der Waals surface area contributed by atoms with E-state index in [4.69, 9.17) is 0 Å². The van der Waals surface area contributed by atoms with Gasteiger partial charge in [0.2, 0.25) is 0 Å². The van der Waals surface area contributed by atoms with Crippen molar-refractivity contribution in [2.24, 2.45) is 0 Å². The molecule has 3 rings (SSSR count). The molecule has 128 valence electrons. The van der Waals surface area contributed by atoms with E-state index < -0.39 is 0 Å². The lowest BCUT2D eigenvalue weighted by atomic mass is 9.87. The van der Waals surface area contributed by atoms with Gasteiger partial charge in [0.25, 0.3) is 0 Å². The third kappa shape index (κ3) is 3.61. The van der Waals surface area contributed by atoms with Gasteiger partial charge in [-0.05, 0) is 50.3 Å². The lowest BCUT2D eigenvalue weighted by Gasteiger charge is -2.20. The summed E-state index contributed by atoms with van der Waals surface area (Å²) in [6.07, 6.45) is 11.2. The summed E-state index contributed by atoms with van der Waals surface area (Å²) in [4.78, 5) is 0. The lowest BCUT2D eigenvalue weighted by Crippen LogP contribution is -2.01. The average Bonchev–Trinajstić information content (AvgIpc) is 2.63. The SMILES string of the molecule is C/C=C\c1c(C2=CC=C(C)CC2)ccc(-c2ccc(C)cc2)c1NC. The molecule has 0 heterocycles. The molecule has 0 amide bonds. The number of hydrogen-bond acceptors (Lipinski definition) is 1. The van der Waals surface area contributed by atoms with Gasteiger partial charge in [0, 0.05) is 23.9 Å². The first kappa shape index (κ1) is 17.3. The first-order valence-electron chi connectivity index (χ1n) is 9.05. The Labute approximate surface area is 151 Å². The van der Waals surface area contributed by atoms with Gasteiger partial charge < -0.3 is 5.32 Å². The second-order valence-electron chi connectivity index (χ2n) is 6.77. The van der Waals surface area contributed by atoms with Crippen LogP contribution >= 0.6 is 0 Å². The Hall–Kier alpha value is -2.54. The quantitative estimate of drug-likeness (QED) is 0.646. The highest BCUT2D eigenvalue weighted by Crippen LogP contribution is 2.38. The molecule has 0 fully saturated rings. The van der Waals surface area contributed by atoms with Crippen LogP contribution < -0.4 is 5.32 Å². The first-order chi connectivity index (χ1) is 12.1. The van der Waals surface area contributed by atoms with Gasteiger partial charge in [-0.15, -0.1) is 0 Å². The molecule has 0 radical (unpaired) electrons. The molecule has 0 bridgehead atoms. The van der Waals surface area contributed by atoms with Gasteiger partial charge >= 0.3 is 0 Å². The number of aryl methyl sites for hydroxylation is 1. The highest BCUT2D eigenvalue weighted by Gasteiger charge is 2.15. The van der Waals surface area contributed by atoms with Gasteiger partial charge in [-0.1, -0.05) is 71.8 Å². The molecule has 25 heavy (non-hydrogen) atoms. The molecule has 1 nitrogen and oxygen atoms in total. The summed E-state index contributed by atoms with van der Waals surface area (Å²) in [5, 5.41) is 3.46. The Morgan fingerprint density at radius 2 is 1.60 bits per heavy atom. The number of benzene rings is 2. The molecule has 1 aliphatic carbocycles. The van der Waals surface area contributed by atoms with Crippen LogP contribution in [0, 0.1) is 6.92 Å². The molecule has 0 saturated carbocycles. The van der Waals surface area contributed by atoms with E-state index in [1.165, 1.54) is 44.7 Å². The summed E-state index contributed by atoms with van der Waals surface area (Å²) >= 11 is 0. The monoisotopic (exact) mass is 329 g/mol. The molecule has 0 atom stereocenters. The Kier molecular flexibility index (Phi) is 5.23. The minimum atomic E-state index is 1.11. The van der Waals surface area contributed by atoms with Crippen molar-refractivity contribution in [2.45, 2.75) is 33.6 Å². The second kappa shape index (κ2) is 7.57. The number of nitrogens with one attached hydrogen (secondary N) is 1. The van der Waals surface area contributed by atoms with Crippen molar-refractivity contribution >= 4 is 17.3 Å². The first-order valence-corrected chi connectivity index (χ1v) is 9.05. The molecule has 0 unspecified atom stereocenters. The maximum atomic E-state index is 3.46. The van der Waals surface area contributed by atoms with E-state index in [1.807, 2.05) is 7.05 Å². The molecule has 0 spiro atoms. The van der Waals surface area contributed by atoms with E-state index in [0.717, 1.165) is 12.8 Å². The lowest BCUT2D eigenvalue weighted by molar-refractivity contribution is 0.976. The van der Waals surface area contributed by atoms with Crippen LogP contribution in [0.15, 0.2) is 60.2 Å². The minimum Gasteiger partial charge on any atom is -0.387 e. The predicted octanol–water partition coefficient (Wildman–Crippen LogP) is 6.86. The van der Waals surface area contributed by atoms with Crippen LogP contribution in [0.3, 0.4) is 0 Å². The van der Waals surface area contributed by atoms with Crippen LogP contribution in [0.1, 0.15) is 43.4 Å². The molecule has 0 aromatic heterocycles. The van der Waals surface area contributed by atoms with E-state index >= 15 is 0 Å². The number of allylic oxidation sites excluding steroid dienone is 5. The second-order valence-corrected chi connectivity index (χ2v) is 6.77. The maximum absolute atomic E-state index is 3.46. The van der Waals surface area contributed by atoms with Crippen LogP contribution in [-0.4, -0.2) is 7.05 Å². The van der Waals surface area contributed by atoms with Crippen LogP contribution in [0.25, 0.3) is 22.8 Å². The average molecular weight is 329 g/mol. The van der Waals surface area contributed by atoms with Gasteiger partial charge in [-0.3, -0.25) is 0 Å². The largest absolute Gasteiger partial charge is 0.387 e. The Morgan fingerprint density at radius 1 is 0.880 bits per heavy atom. The normalized spacial score (nSPS) is 14.4. The minimum absolute atomic E-state index is 1.11. The van der Waals surface area contributed by atoms with E-state index in [0.29, 0.717) is 0 Å². The third-order valence-electron chi connectivity index (χ3n) is 4.90. The van der Waals surface area contributed by atoms with Gasteiger partial charge in [-0.2, -0.15) is 0 Å². The van der Waals surface area contributed by atoms with Crippen molar-refractivity contribution in [3.05, 3.63) is 76.9 Å². The van der Waals surface area contributed by atoms with Gasteiger partial charge in [0.1, 0.15) is 0 Å². The van der Waals surface area contributed by atoms with E-state index in [-0.39, 0.29) is 0 Å². The summed E-state index contributed by atoms with van der Waals surface area (Å²) in [7, 11) is 2.02. The molecule has 1 heteroatoms. The van der Waals surface area contributed by atoms with Crippen molar-refractivity contribution in [1.29, 1.82) is 0 Å². The molecular weight excluding hydrogens is 302 g/mol. The molecule has 1 N–H and O–H groups in total. The van der Waals surface area contributed by atoms with Crippen molar-refractivity contribution in [1.82, 2.24) is 0 Å². The fraction of sp³-hybridized carbons (Fsp3) is 0.250. The fourth-order valence-corrected chi connectivity index (χ4v) is 3.45. The zero-order valence-electron chi connectivity index (χ0n) is 15.7. The van der Waals surface area contributed by atoms with Gasteiger partial charge in [-0.25, -0.2) is 0 Å². The number of anilines is 1. The van der Waals surface area contributed by atoms with Crippen molar-refractivity contribution in [3.63, 3.8) is 0 Å². The van der Waals surface area contributed by atoms with Crippen LogP contribution in [-0.2, 0) is 0 Å². The van der Waals surface area contributed by atoms with Crippen molar-refractivity contribution in [2.75, 3.05) is 12.4 Å². The summed E-state index contributed by atoms with van der Waals surface area (Å²) in [5.74, 6) is 0. The number of rotatable bonds is 4. The summed E-state index contributed by atoms with van der Waals surface area (Å²) < 4.78 is 0. The van der Waals surface area contributed by atoms with Gasteiger partial charge in [0.15, 0.2) is 0 Å². The summed E-state index contributed by atoms with van der Waals surface area (Å²) in [6.45, 7) is 6.42. The van der Waals surface area contributed by atoms with Crippen molar-refractivity contribution in [3.8, 4) is 11.1 Å². The van der Waals surface area contributed by atoms with Gasteiger partial charge in [0.05, 0.1) is 0 Å². The van der Waals surface area contributed by atoms with Crippen molar-refractivity contribution < 1.29 is 0 Å². The smallest absolute Gasteiger partial charge is 0.0496 e. The third-order valence-corrected chi connectivity index (χ3v) is 4.90. The summed E-state index contributed by atoms with van der Waals surface area (Å²) in [5.41, 5.74) is 10.5. The Bertz CT molecular complexity index is 848. The molecular formula is C24H27N. The van der Waals surface area contributed by atoms with E-state index in [9.17, 15) is 0 Å². The predicted molar refractivity (Wildman–Crippen MR) is 112 cm³/mol. The van der Waals surface area contributed by atoms with E-state index in [1.54, 1.807) is 0 Å². The highest BCUT2D eigenvalue weighted by molar-refractivity contribution is 5.91. The maximum Gasteiger partial charge on any atom is 0.0496 e. The molecule has 2 aromatic carbocycles. The van der Waals surface area contributed by atoms with Crippen LogP contribution in [0.4, 0.5) is 5.69 Å². The topological polar surface area (TPSA) is 12.0 Å². The molecule has 0 aliphatic heterocycles. The molecule has 2 aromatic rings. The Morgan fingerprint density at radius 3 is 2.20 bits per heavy atom. The summed E-state index contributed by atoms with van der Waals surface area (Å²) in [6, 6.07) is 13.3. The highest BCUT2D eigenvalue weighted by atomic mass is 14.8. The zero-order chi connectivity index (χ0) is 17.8. The standard InChI is InChI=1S/C24H27N/c1-5-6-23-21(19-11-7-17(2)8-12-19)15-16-22(24(23)25-4)20-13-9-18(3)10-14-20/h5-7,9-11,13-16,25H,8,12H2,1-4H3/b6-5-. The molecule has 1 aliphatic rings. The Balaban J connectivity index is 2.18. The van der Waals surface area contributed by atoms with E-state index in [2.05, 4.69) is 86.8 Å². The number of hydrogen-bond donors (Lipinski definition) is 1. The zero-order valence-corrected chi connectivity index (χ0v) is 15.7. The van der Waals surface area contributed by atoms with Crippen LogP contribution in [0.5, 0.6) is 0 Å². The fourth-order valence-electron chi connectivity index (χ4n) is 3.45. The molecule has 0 saturated heterocycles.